The van der Waals surface area contributed by atoms with Gasteiger partial charge in [0.25, 0.3) is 0 Å². The third-order valence-electron chi connectivity index (χ3n) is 2.95. The Bertz CT molecular complexity index is 627. The number of amides is 1. The molecule has 106 valence electrons. The lowest BCUT2D eigenvalue weighted by molar-refractivity contribution is 0.100. The highest BCUT2D eigenvalue weighted by Crippen LogP contribution is 2.26. The van der Waals surface area contributed by atoms with Crippen LogP contribution in [0, 0.1) is 0 Å². The Balaban J connectivity index is 2.00. The zero-order chi connectivity index (χ0) is 14.7. The van der Waals surface area contributed by atoms with Crippen molar-refractivity contribution >= 4 is 40.4 Å². The van der Waals surface area contributed by atoms with Crippen molar-refractivity contribution in [2.45, 2.75) is 19.5 Å². The molecule has 0 fully saturated rings. The van der Waals surface area contributed by atoms with Gasteiger partial charge in [0.15, 0.2) is 0 Å². The van der Waals surface area contributed by atoms with Crippen molar-refractivity contribution < 1.29 is 4.79 Å². The molecule has 0 aliphatic rings. The lowest BCUT2D eigenvalue weighted by atomic mass is 10.1. The maximum Gasteiger partial charge on any atom is 0.249 e. The minimum atomic E-state index is -0.402. The van der Waals surface area contributed by atoms with E-state index in [2.05, 4.69) is 5.32 Å². The summed E-state index contributed by atoms with van der Waals surface area (Å²) in [6, 6.07) is 7.34. The van der Waals surface area contributed by atoms with Gasteiger partial charge in [-0.15, -0.1) is 11.3 Å². The van der Waals surface area contributed by atoms with Crippen molar-refractivity contribution in [2.24, 2.45) is 5.73 Å². The lowest BCUT2D eigenvalue weighted by Gasteiger charge is -2.15. The second-order valence-corrected chi connectivity index (χ2v) is 6.27. The van der Waals surface area contributed by atoms with Gasteiger partial charge in [0.2, 0.25) is 5.91 Å². The molecule has 1 amide bonds. The number of nitrogens with one attached hydrogen (secondary N) is 1. The van der Waals surface area contributed by atoms with Gasteiger partial charge in [0, 0.05) is 32.9 Å². The Kier molecular flexibility index (Phi) is 5.05. The Morgan fingerprint density at radius 2 is 2.15 bits per heavy atom. The van der Waals surface area contributed by atoms with Gasteiger partial charge in [-0.3, -0.25) is 4.79 Å². The number of benzene rings is 1. The number of nitrogens with two attached hydrogens (primary N) is 1. The fraction of sp³-hybridized carbons (Fsp3) is 0.214. The van der Waals surface area contributed by atoms with Crippen molar-refractivity contribution in [2.75, 3.05) is 0 Å². The standard InChI is InChI=1S/C14H14Cl2N2OS/c1-8(12-3-2-10(15)5-13(12)16)18-6-11-4-9(7-20-11)14(17)19/h2-5,7-8,18H,6H2,1H3,(H2,17,19). The predicted octanol–water partition coefficient (Wildman–Crippen LogP) is 4.00. The summed E-state index contributed by atoms with van der Waals surface area (Å²) in [6.45, 7) is 2.68. The van der Waals surface area contributed by atoms with Gasteiger partial charge in [-0.2, -0.15) is 0 Å². The van der Waals surface area contributed by atoms with Crippen LogP contribution in [0.25, 0.3) is 0 Å². The van der Waals surface area contributed by atoms with Crippen LogP contribution in [0.2, 0.25) is 10.0 Å². The first-order valence-corrected chi connectivity index (χ1v) is 7.66. The highest BCUT2D eigenvalue weighted by Gasteiger charge is 2.11. The fourth-order valence-electron chi connectivity index (χ4n) is 1.82. The number of primary amides is 1. The molecule has 0 spiro atoms. The van der Waals surface area contributed by atoms with E-state index in [0.29, 0.717) is 22.2 Å². The van der Waals surface area contributed by atoms with Crippen LogP contribution in [-0.2, 0) is 6.54 Å². The summed E-state index contributed by atoms with van der Waals surface area (Å²) in [5, 5.41) is 6.38. The molecular weight excluding hydrogens is 315 g/mol. The minimum absolute atomic E-state index is 0.0823. The molecule has 2 aromatic rings. The van der Waals surface area contributed by atoms with Crippen molar-refractivity contribution in [3.63, 3.8) is 0 Å². The van der Waals surface area contributed by atoms with Crippen molar-refractivity contribution in [3.8, 4) is 0 Å². The van der Waals surface area contributed by atoms with E-state index in [1.54, 1.807) is 17.5 Å². The van der Waals surface area contributed by atoms with E-state index in [0.717, 1.165) is 10.4 Å². The van der Waals surface area contributed by atoms with Crippen LogP contribution in [0.3, 0.4) is 0 Å². The van der Waals surface area contributed by atoms with E-state index >= 15 is 0 Å². The molecule has 1 atom stereocenters. The summed E-state index contributed by atoms with van der Waals surface area (Å²) in [4.78, 5) is 12.1. The molecule has 0 saturated carbocycles. The van der Waals surface area contributed by atoms with Gasteiger partial charge in [-0.25, -0.2) is 0 Å². The van der Waals surface area contributed by atoms with E-state index in [4.69, 9.17) is 28.9 Å². The second-order valence-electron chi connectivity index (χ2n) is 4.43. The van der Waals surface area contributed by atoms with Gasteiger partial charge in [0.05, 0.1) is 5.56 Å². The van der Waals surface area contributed by atoms with Crippen LogP contribution in [0.15, 0.2) is 29.6 Å². The zero-order valence-electron chi connectivity index (χ0n) is 10.8. The molecule has 6 heteroatoms. The molecule has 1 aromatic heterocycles. The third-order valence-corrected chi connectivity index (χ3v) is 4.45. The van der Waals surface area contributed by atoms with E-state index in [9.17, 15) is 4.79 Å². The lowest BCUT2D eigenvalue weighted by Crippen LogP contribution is -2.18. The average molecular weight is 329 g/mol. The molecule has 0 radical (unpaired) electrons. The summed E-state index contributed by atoms with van der Waals surface area (Å²) in [7, 11) is 0. The van der Waals surface area contributed by atoms with Gasteiger partial charge < -0.3 is 11.1 Å². The maximum atomic E-state index is 11.0. The van der Waals surface area contributed by atoms with E-state index < -0.39 is 5.91 Å². The number of hydrogen-bond donors (Lipinski definition) is 2. The van der Waals surface area contributed by atoms with Gasteiger partial charge in [-0.05, 0) is 30.7 Å². The Morgan fingerprint density at radius 1 is 1.40 bits per heavy atom. The normalized spacial score (nSPS) is 12.3. The maximum absolute atomic E-state index is 11.0. The van der Waals surface area contributed by atoms with E-state index in [-0.39, 0.29) is 6.04 Å². The monoisotopic (exact) mass is 328 g/mol. The summed E-state index contributed by atoms with van der Waals surface area (Å²) >= 11 is 13.6. The first-order valence-electron chi connectivity index (χ1n) is 6.03. The van der Waals surface area contributed by atoms with Gasteiger partial charge >= 0.3 is 0 Å². The molecule has 1 heterocycles. The van der Waals surface area contributed by atoms with Crippen LogP contribution >= 0.6 is 34.5 Å². The van der Waals surface area contributed by atoms with Gasteiger partial charge in [0.1, 0.15) is 0 Å². The molecule has 0 aliphatic carbocycles. The molecular formula is C14H14Cl2N2OS. The van der Waals surface area contributed by atoms with Crippen molar-refractivity contribution in [1.29, 1.82) is 0 Å². The molecule has 0 saturated heterocycles. The molecule has 3 N–H and O–H groups in total. The highest BCUT2D eigenvalue weighted by molar-refractivity contribution is 7.10. The molecule has 2 rings (SSSR count). The molecule has 20 heavy (non-hydrogen) atoms. The first kappa shape index (κ1) is 15.3. The average Bonchev–Trinajstić information content (AvgIpc) is 2.85. The number of carbonyl (C=O) groups excluding carboxylic acids is 1. The minimum Gasteiger partial charge on any atom is -0.366 e. The summed E-state index contributed by atoms with van der Waals surface area (Å²) < 4.78 is 0. The number of carbonyl (C=O) groups is 1. The largest absolute Gasteiger partial charge is 0.366 e. The Labute approximate surface area is 131 Å². The smallest absolute Gasteiger partial charge is 0.249 e. The molecule has 3 nitrogen and oxygen atoms in total. The van der Waals surface area contributed by atoms with E-state index in [1.165, 1.54) is 11.3 Å². The van der Waals surface area contributed by atoms with Crippen LogP contribution in [0.1, 0.15) is 33.8 Å². The van der Waals surface area contributed by atoms with Crippen LogP contribution in [-0.4, -0.2) is 5.91 Å². The Morgan fingerprint density at radius 3 is 2.75 bits per heavy atom. The van der Waals surface area contributed by atoms with Crippen LogP contribution in [0.5, 0.6) is 0 Å². The van der Waals surface area contributed by atoms with Crippen molar-refractivity contribution in [3.05, 3.63) is 55.7 Å². The molecule has 0 aliphatic heterocycles. The summed E-state index contributed by atoms with van der Waals surface area (Å²) in [6.07, 6.45) is 0. The molecule has 1 unspecified atom stereocenters. The van der Waals surface area contributed by atoms with Crippen molar-refractivity contribution in [1.82, 2.24) is 5.32 Å². The molecule has 1 aromatic carbocycles. The highest BCUT2D eigenvalue weighted by atomic mass is 35.5. The van der Waals surface area contributed by atoms with Gasteiger partial charge in [-0.1, -0.05) is 29.3 Å². The summed E-state index contributed by atoms with van der Waals surface area (Å²) in [5.41, 5.74) is 6.76. The van der Waals surface area contributed by atoms with Crippen LogP contribution in [0.4, 0.5) is 0 Å². The summed E-state index contributed by atoms with van der Waals surface area (Å²) in [5.74, 6) is -0.402. The SMILES string of the molecule is CC(NCc1cc(C(N)=O)cs1)c1ccc(Cl)cc1Cl. The number of thiophene rings is 1. The number of hydrogen-bond acceptors (Lipinski definition) is 3. The zero-order valence-corrected chi connectivity index (χ0v) is 13.1. The van der Waals surface area contributed by atoms with Crippen LogP contribution < -0.4 is 11.1 Å². The Hall–Kier alpha value is -1.07. The topological polar surface area (TPSA) is 55.1 Å². The predicted molar refractivity (Wildman–Crippen MR) is 84.6 cm³/mol. The molecule has 0 bridgehead atoms. The van der Waals surface area contributed by atoms with E-state index in [1.807, 2.05) is 19.1 Å². The third kappa shape index (κ3) is 3.73. The first-order chi connectivity index (χ1) is 9.47. The second kappa shape index (κ2) is 6.59. The number of halogens is 2. The number of rotatable bonds is 5. The quantitative estimate of drug-likeness (QED) is 0.871. The fourth-order valence-corrected chi connectivity index (χ4v) is 3.22.